The van der Waals surface area contributed by atoms with E-state index in [4.69, 9.17) is 5.11 Å². The largest absolute Gasteiger partial charge is 0.478 e. The fraction of sp³-hybridized carbons (Fsp3) is 0.588. The molecule has 0 spiro atoms. The number of carbonyl (C=O) groups is 1. The third-order valence-electron chi connectivity index (χ3n) is 4.97. The van der Waals surface area contributed by atoms with Gasteiger partial charge in [-0.1, -0.05) is 32.9 Å². The minimum atomic E-state index is -0.849. The monoisotopic (exact) mass is 275 g/mol. The third-order valence-corrected chi connectivity index (χ3v) is 4.97. The molecule has 1 aromatic rings. The lowest BCUT2D eigenvalue weighted by Crippen LogP contribution is -2.40. The molecule has 1 aromatic carbocycles. The molecule has 1 aliphatic rings. The van der Waals surface area contributed by atoms with Gasteiger partial charge in [0.25, 0.3) is 0 Å². The van der Waals surface area contributed by atoms with Gasteiger partial charge in [0.1, 0.15) is 0 Å². The van der Waals surface area contributed by atoms with E-state index in [0.717, 1.165) is 31.1 Å². The summed E-state index contributed by atoms with van der Waals surface area (Å²) in [7, 11) is 0. The molecule has 2 rings (SSSR count). The molecule has 3 nitrogen and oxygen atoms in total. The highest BCUT2D eigenvalue weighted by molar-refractivity contribution is 5.87. The summed E-state index contributed by atoms with van der Waals surface area (Å²) < 4.78 is 0. The fourth-order valence-corrected chi connectivity index (χ4v) is 2.86. The maximum absolute atomic E-state index is 11.0. The number of nitrogens with zero attached hydrogens (tertiary/aromatic N) is 1. The van der Waals surface area contributed by atoms with Crippen molar-refractivity contribution in [3.05, 3.63) is 35.4 Å². The lowest BCUT2D eigenvalue weighted by Gasteiger charge is -2.42. The maximum atomic E-state index is 11.0. The molecule has 1 fully saturated rings. The van der Waals surface area contributed by atoms with Gasteiger partial charge in [-0.15, -0.1) is 0 Å². The Labute approximate surface area is 121 Å². The van der Waals surface area contributed by atoms with Crippen LogP contribution in [-0.2, 0) is 6.54 Å². The first-order chi connectivity index (χ1) is 9.40. The van der Waals surface area contributed by atoms with Crippen LogP contribution < -0.4 is 0 Å². The molecule has 110 valence electrons. The van der Waals surface area contributed by atoms with Crippen molar-refractivity contribution in [3.8, 4) is 0 Å². The zero-order valence-corrected chi connectivity index (χ0v) is 12.7. The van der Waals surface area contributed by atoms with E-state index in [-0.39, 0.29) is 0 Å². The second-order valence-corrected chi connectivity index (χ2v) is 6.59. The lowest BCUT2D eigenvalue weighted by molar-refractivity contribution is 0.0695. The number of aromatic carboxylic acids is 1. The van der Waals surface area contributed by atoms with Crippen molar-refractivity contribution in [2.45, 2.75) is 40.2 Å². The Bertz CT molecular complexity index is 474. The Kier molecular flexibility index (Phi) is 4.48. The zero-order valence-electron chi connectivity index (χ0n) is 12.7. The van der Waals surface area contributed by atoms with Gasteiger partial charge < -0.3 is 5.11 Å². The summed E-state index contributed by atoms with van der Waals surface area (Å²) in [6, 6.07) is 7.29. The number of piperidine rings is 1. The van der Waals surface area contributed by atoms with Gasteiger partial charge in [0.05, 0.1) is 5.56 Å². The Morgan fingerprint density at radius 2 is 2.00 bits per heavy atom. The second kappa shape index (κ2) is 5.96. The van der Waals surface area contributed by atoms with Gasteiger partial charge >= 0.3 is 5.97 Å². The van der Waals surface area contributed by atoms with E-state index in [9.17, 15) is 4.79 Å². The van der Waals surface area contributed by atoms with E-state index in [2.05, 4.69) is 25.7 Å². The van der Waals surface area contributed by atoms with Crippen LogP contribution in [0.4, 0.5) is 0 Å². The highest BCUT2D eigenvalue weighted by atomic mass is 16.4. The summed E-state index contributed by atoms with van der Waals surface area (Å²) in [6.07, 6.45) is 2.45. The topological polar surface area (TPSA) is 40.5 Å². The van der Waals surface area contributed by atoms with Crippen molar-refractivity contribution in [2.75, 3.05) is 13.1 Å². The normalized spacial score (nSPS) is 19.2. The first kappa shape index (κ1) is 15.0. The van der Waals surface area contributed by atoms with Crippen LogP contribution in [0.3, 0.4) is 0 Å². The number of benzene rings is 1. The molecule has 20 heavy (non-hydrogen) atoms. The number of likely N-dealkylation sites (tertiary alicyclic amines) is 1. The molecule has 0 saturated carbocycles. The molecule has 0 amide bonds. The van der Waals surface area contributed by atoms with Crippen molar-refractivity contribution in [3.63, 3.8) is 0 Å². The van der Waals surface area contributed by atoms with Crippen LogP contribution in [0.2, 0.25) is 0 Å². The summed E-state index contributed by atoms with van der Waals surface area (Å²) in [5.41, 5.74) is 1.93. The van der Waals surface area contributed by atoms with E-state index in [1.807, 2.05) is 12.1 Å². The molecule has 1 saturated heterocycles. The molecule has 3 heteroatoms. The number of hydrogen-bond acceptors (Lipinski definition) is 2. The maximum Gasteiger partial charge on any atom is 0.335 e. The van der Waals surface area contributed by atoms with Crippen molar-refractivity contribution >= 4 is 5.97 Å². The highest BCUT2D eigenvalue weighted by Crippen LogP contribution is 2.38. The predicted octanol–water partition coefficient (Wildman–Crippen LogP) is 3.64. The Balaban J connectivity index is 1.96. The minimum absolute atomic E-state index is 0.381. The average Bonchev–Trinajstić information content (AvgIpc) is 2.42. The Morgan fingerprint density at radius 1 is 1.35 bits per heavy atom. The molecule has 0 radical (unpaired) electrons. The molecule has 0 aromatic heterocycles. The van der Waals surface area contributed by atoms with Crippen LogP contribution in [0.5, 0.6) is 0 Å². The van der Waals surface area contributed by atoms with Gasteiger partial charge in [0.2, 0.25) is 0 Å². The number of hydrogen-bond donors (Lipinski definition) is 1. The van der Waals surface area contributed by atoms with E-state index in [1.165, 1.54) is 12.8 Å². The summed E-state index contributed by atoms with van der Waals surface area (Å²) >= 11 is 0. The summed E-state index contributed by atoms with van der Waals surface area (Å²) in [4.78, 5) is 13.4. The van der Waals surface area contributed by atoms with Gasteiger partial charge in [-0.25, -0.2) is 4.79 Å². The quantitative estimate of drug-likeness (QED) is 0.912. The molecule has 0 bridgehead atoms. The molecule has 0 atom stereocenters. The third kappa shape index (κ3) is 3.40. The molecular formula is C17H25NO2. The smallest absolute Gasteiger partial charge is 0.335 e. The van der Waals surface area contributed by atoms with Crippen LogP contribution in [0, 0.1) is 11.3 Å². The second-order valence-electron chi connectivity index (χ2n) is 6.59. The van der Waals surface area contributed by atoms with E-state index in [1.54, 1.807) is 12.1 Å². The SMILES string of the molecule is CC(C)C1(C)CCN(Cc2cccc(C(=O)O)c2)CC1. The van der Waals surface area contributed by atoms with Crippen molar-refractivity contribution < 1.29 is 9.90 Å². The summed E-state index contributed by atoms with van der Waals surface area (Å²) in [5, 5.41) is 9.03. The number of carboxylic acids is 1. The molecule has 0 unspecified atom stereocenters. The molecule has 1 aliphatic heterocycles. The zero-order chi connectivity index (χ0) is 14.8. The molecule has 0 aliphatic carbocycles. The van der Waals surface area contributed by atoms with E-state index >= 15 is 0 Å². The fourth-order valence-electron chi connectivity index (χ4n) is 2.86. The summed E-state index contributed by atoms with van der Waals surface area (Å²) in [5.74, 6) is -0.127. The van der Waals surface area contributed by atoms with Crippen LogP contribution in [0.25, 0.3) is 0 Å². The molecular weight excluding hydrogens is 250 g/mol. The van der Waals surface area contributed by atoms with Gasteiger partial charge in [-0.3, -0.25) is 4.90 Å². The molecule has 1 heterocycles. The predicted molar refractivity (Wildman–Crippen MR) is 80.9 cm³/mol. The summed E-state index contributed by atoms with van der Waals surface area (Å²) in [6.45, 7) is 10.1. The van der Waals surface area contributed by atoms with E-state index in [0.29, 0.717) is 11.0 Å². The van der Waals surface area contributed by atoms with Crippen molar-refractivity contribution in [1.82, 2.24) is 4.90 Å². The number of carboxylic acid groups (broad SMARTS) is 1. The lowest BCUT2D eigenvalue weighted by atomic mass is 9.72. The van der Waals surface area contributed by atoms with Crippen LogP contribution in [-0.4, -0.2) is 29.1 Å². The standard InChI is InChI=1S/C17H25NO2/c1-13(2)17(3)7-9-18(10-8-17)12-14-5-4-6-15(11-14)16(19)20/h4-6,11,13H,7-10,12H2,1-3H3,(H,19,20). The van der Waals surface area contributed by atoms with Crippen LogP contribution >= 0.6 is 0 Å². The van der Waals surface area contributed by atoms with Gasteiger partial charge in [-0.05, 0) is 55.0 Å². The van der Waals surface area contributed by atoms with Crippen LogP contribution in [0.1, 0.15) is 49.5 Å². The van der Waals surface area contributed by atoms with Gasteiger partial charge in [0, 0.05) is 6.54 Å². The highest BCUT2D eigenvalue weighted by Gasteiger charge is 2.32. The van der Waals surface area contributed by atoms with Crippen LogP contribution in [0.15, 0.2) is 24.3 Å². The van der Waals surface area contributed by atoms with Crippen molar-refractivity contribution in [1.29, 1.82) is 0 Å². The Hall–Kier alpha value is -1.35. The van der Waals surface area contributed by atoms with Gasteiger partial charge in [-0.2, -0.15) is 0 Å². The first-order valence-corrected chi connectivity index (χ1v) is 7.45. The van der Waals surface area contributed by atoms with Crippen molar-refractivity contribution in [2.24, 2.45) is 11.3 Å². The average molecular weight is 275 g/mol. The molecule has 1 N–H and O–H groups in total. The van der Waals surface area contributed by atoms with E-state index < -0.39 is 5.97 Å². The minimum Gasteiger partial charge on any atom is -0.478 e. The number of rotatable bonds is 4. The first-order valence-electron chi connectivity index (χ1n) is 7.45. The van der Waals surface area contributed by atoms with Gasteiger partial charge in [0.15, 0.2) is 0 Å². The Morgan fingerprint density at radius 3 is 2.55 bits per heavy atom.